The lowest BCUT2D eigenvalue weighted by Crippen LogP contribution is -2.55. The van der Waals surface area contributed by atoms with Crippen LogP contribution in [0.1, 0.15) is 59.8 Å². The minimum absolute atomic E-state index is 0.0330. The van der Waals surface area contributed by atoms with Gasteiger partial charge in [0.05, 0.1) is 7.11 Å². The summed E-state index contributed by atoms with van der Waals surface area (Å²) in [6.07, 6.45) is 6.85. The van der Waals surface area contributed by atoms with Crippen LogP contribution >= 0.6 is 0 Å². The van der Waals surface area contributed by atoms with Crippen molar-refractivity contribution in [2.45, 2.75) is 71.5 Å². The average Bonchev–Trinajstić information content (AvgIpc) is 2.93. The highest BCUT2D eigenvalue weighted by molar-refractivity contribution is 5.79. The van der Waals surface area contributed by atoms with Gasteiger partial charge in [-0.05, 0) is 61.7 Å². The van der Waals surface area contributed by atoms with E-state index in [9.17, 15) is 19.8 Å². The molecule has 4 aliphatic rings. The summed E-state index contributed by atoms with van der Waals surface area (Å²) in [5.74, 6) is -0.526. The van der Waals surface area contributed by atoms with Crippen molar-refractivity contribution in [2.75, 3.05) is 7.11 Å². The topological polar surface area (TPSA) is 93.1 Å². The van der Waals surface area contributed by atoms with Gasteiger partial charge < -0.3 is 19.7 Å². The Morgan fingerprint density at radius 1 is 1.13 bits per heavy atom. The molecule has 0 saturated heterocycles. The van der Waals surface area contributed by atoms with Crippen LogP contribution in [0.25, 0.3) is 0 Å². The quantitative estimate of drug-likeness (QED) is 0.681. The number of hydrogen-bond donors (Lipinski definition) is 2. The molecule has 4 aliphatic carbocycles. The average molecular weight is 417 g/mol. The van der Waals surface area contributed by atoms with E-state index < -0.39 is 23.1 Å². The van der Waals surface area contributed by atoms with Gasteiger partial charge in [-0.15, -0.1) is 0 Å². The third kappa shape index (κ3) is 2.65. The van der Waals surface area contributed by atoms with Gasteiger partial charge in [0.2, 0.25) is 0 Å². The van der Waals surface area contributed by atoms with Gasteiger partial charge >= 0.3 is 11.9 Å². The Morgan fingerprint density at radius 2 is 1.80 bits per heavy atom. The van der Waals surface area contributed by atoms with Crippen molar-refractivity contribution in [1.29, 1.82) is 0 Å². The molecule has 6 atom stereocenters. The summed E-state index contributed by atoms with van der Waals surface area (Å²) in [6.45, 7) is 7.66. The predicted octanol–water partition coefficient (Wildman–Crippen LogP) is 3.76. The summed E-state index contributed by atoms with van der Waals surface area (Å²) in [7, 11) is 1.60. The molecule has 0 aliphatic heterocycles. The molecule has 164 valence electrons. The van der Waals surface area contributed by atoms with Crippen molar-refractivity contribution in [2.24, 2.45) is 22.7 Å². The highest BCUT2D eigenvalue weighted by Crippen LogP contribution is 2.66. The third-order valence-electron chi connectivity index (χ3n) is 8.57. The summed E-state index contributed by atoms with van der Waals surface area (Å²) >= 11 is 0. The first kappa shape index (κ1) is 21.2. The number of rotatable bonds is 3. The normalized spacial score (nSPS) is 42.4. The Balaban J connectivity index is 1.79. The van der Waals surface area contributed by atoms with Gasteiger partial charge in [0.25, 0.3) is 0 Å². The van der Waals surface area contributed by atoms with E-state index in [2.05, 4.69) is 19.9 Å². The van der Waals surface area contributed by atoms with Crippen molar-refractivity contribution in [3.8, 4) is 0 Å². The molecule has 0 aromatic heterocycles. The Bertz CT molecular complexity index is 897. The number of methoxy groups -OCH3 is 1. The maximum absolute atomic E-state index is 12.0. The Labute approximate surface area is 177 Å². The van der Waals surface area contributed by atoms with Crippen molar-refractivity contribution in [3.05, 3.63) is 34.6 Å². The summed E-state index contributed by atoms with van der Waals surface area (Å²) in [5.41, 5.74) is 0.994. The standard InChI is InChI=1S/C24H32O6/c1-13-10-15-16(6-8-23(4)17(15)7-9-24(23,28)21(26)27)22(3)12-20(30-14(2)25)19(29-5)11-18(13)22/h10-11,16-17,20,28H,6-9,12H2,1-5H3,(H,26,27)/t16-,17-,20?,22+,23-,24-/m0/s1. The van der Waals surface area contributed by atoms with Crippen LogP contribution in [0.5, 0.6) is 0 Å². The van der Waals surface area contributed by atoms with Crippen molar-refractivity contribution in [3.63, 3.8) is 0 Å². The van der Waals surface area contributed by atoms with E-state index in [1.807, 2.05) is 13.0 Å². The van der Waals surface area contributed by atoms with Gasteiger partial charge in [-0.3, -0.25) is 4.79 Å². The third-order valence-corrected chi connectivity index (χ3v) is 8.57. The number of carboxylic acids is 1. The largest absolute Gasteiger partial charge is 0.497 e. The van der Waals surface area contributed by atoms with Gasteiger partial charge in [0.15, 0.2) is 11.7 Å². The minimum Gasteiger partial charge on any atom is -0.497 e. The number of carbonyl (C=O) groups excluding carboxylic acids is 1. The SMILES string of the molecule is COC1=CC2=C(C)C=C3[C@H](CC[C@@]4(C)[C@H]3CC[C@]4(O)C(=O)O)[C@@]2(C)CC1OC(C)=O. The number of allylic oxidation sites excluding steroid dienone is 5. The first-order valence-corrected chi connectivity index (χ1v) is 10.8. The molecular formula is C24H32O6. The molecule has 0 amide bonds. The van der Waals surface area contributed by atoms with Crippen LogP contribution in [0.3, 0.4) is 0 Å². The van der Waals surface area contributed by atoms with Crippen molar-refractivity contribution < 1.29 is 29.3 Å². The lowest BCUT2D eigenvalue weighted by molar-refractivity contribution is -0.174. The van der Waals surface area contributed by atoms with Crippen molar-refractivity contribution in [1.82, 2.24) is 0 Å². The Hall–Kier alpha value is -2.08. The number of aliphatic carboxylic acids is 1. The molecule has 4 rings (SSSR count). The minimum atomic E-state index is -1.68. The van der Waals surface area contributed by atoms with E-state index >= 15 is 0 Å². The number of hydrogen-bond acceptors (Lipinski definition) is 5. The van der Waals surface area contributed by atoms with Crippen LogP contribution < -0.4 is 0 Å². The lowest BCUT2D eigenvalue weighted by atomic mass is 9.50. The smallest absolute Gasteiger partial charge is 0.336 e. The molecule has 2 N–H and O–H groups in total. The summed E-state index contributed by atoms with van der Waals surface area (Å²) in [4.78, 5) is 23.7. The van der Waals surface area contributed by atoms with E-state index in [1.165, 1.54) is 18.1 Å². The van der Waals surface area contributed by atoms with E-state index in [4.69, 9.17) is 9.47 Å². The highest BCUT2D eigenvalue weighted by atomic mass is 16.6. The van der Waals surface area contributed by atoms with Crippen LogP contribution in [0.15, 0.2) is 34.6 Å². The van der Waals surface area contributed by atoms with Gasteiger partial charge in [0, 0.05) is 24.2 Å². The number of ether oxygens (including phenoxy) is 2. The Kier molecular flexibility index (Phi) is 4.73. The predicted molar refractivity (Wildman–Crippen MR) is 110 cm³/mol. The number of esters is 1. The summed E-state index contributed by atoms with van der Waals surface area (Å²) < 4.78 is 11.2. The highest BCUT2D eigenvalue weighted by Gasteiger charge is 2.65. The molecule has 2 fully saturated rings. The second kappa shape index (κ2) is 6.71. The fraction of sp³-hybridized carbons (Fsp3) is 0.667. The fourth-order valence-corrected chi connectivity index (χ4v) is 6.96. The molecule has 0 spiro atoms. The molecule has 0 aromatic rings. The van der Waals surface area contributed by atoms with Gasteiger partial charge in [-0.1, -0.05) is 25.5 Å². The zero-order chi connectivity index (χ0) is 22.1. The second-order valence-electron chi connectivity index (χ2n) is 9.98. The van der Waals surface area contributed by atoms with Crippen LogP contribution in [0.4, 0.5) is 0 Å². The van der Waals surface area contributed by atoms with E-state index in [-0.39, 0.29) is 29.6 Å². The van der Waals surface area contributed by atoms with Crippen LogP contribution in [0.2, 0.25) is 0 Å². The molecule has 0 aromatic carbocycles. The number of carboxylic acid groups (broad SMARTS) is 1. The summed E-state index contributed by atoms with van der Waals surface area (Å²) in [6, 6.07) is 0. The Morgan fingerprint density at radius 3 is 2.40 bits per heavy atom. The molecule has 30 heavy (non-hydrogen) atoms. The molecular weight excluding hydrogens is 384 g/mol. The van der Waals surface area contributed by atoms with E-state index in [0.29, 0.717) is 25.0 Å². The maximum Gasteiger partial charge on any atom is 0.336 e. The molecule has 6 heteroatoms. The summed E-state index contributed by atoms with van der Waals surface area (Å²) in [5, 5.41) is 20.9. The monoisotopic (exact) mass is 416 g/mol. The second-order valence-corrected chi connectivity index (χ2v) is 9.98. The van der Waals surface area contributed by atoms with Crippen molar-refractivity contribution >= 4 is 11.9 Å². The lowest BCUT2D eigenvalue weighted by Gasteiger charge is -2.55. The molecule has 2 saturated carbocycles. The van der Waals surface area contributed by atoms with Crippen LogP contribution in [-0.4, -0.2) is 41.0 Å². The first-order chi connectivity index (χ1) is 14.0. The van der Waals surface area contributed by atoms with Crippen LogP contribution in [0, 0.1) is 22.7 Å². The zero-order valence-corrected chi connectivity index (χ0v) is 18.4. The number of fused-ring (bicyclic) bond motifs is 5. The molecule has 1 unspecified atom stereocenters. The molecule has 0 bridgehead atoms. The van der Waals surface area contributed by atoms with Gasteiger partial charge in [0.1, 0.15) is 5.76 Å². The van der Waals surface area contributed by atoms with Crippen LogP contribution in [-0.2, 0) is 19.1 Å². The molecule has 0 heterocycles. The number of carbonyl (C=O) groups is 2. The van der Waals surface area contributed by atoms with E-state index in [0.717, 1.165) is 12.0 Å². The van der Waals surface area contributed by atoms with E-state index in [1.54, 1.807) is 7.11 Å². The molecule has 6 nitrogen and oxygen atoms in total. The maximum atomic E-state index is 12.0. The van der Waals surface area contributed by atoms with Gasteiger partial charge in [-0.25, -0.2) is 4.79 Å². The zero-order valence-electron chi connectivity index (χ0n) is 18.4. The first-order valence-electron chi connectivity index (χ1n) is 10.8. The number of aliphatic hydroxyl groups is 1. The fourth-order valence-electron chi connectivity index (χ4n) is 6.96. The van der Waals surface area contributed by atoms with Gasteiger partial charge in [-0.2, -0.15) is 0 Å². The molecule has 0 radical (unpaired) electrons.